The van der Waals surface area contributed by atoms with Crippen LogP contribution in [-0.2, 0) is 0 Å². The number of oxime groups is 1. The molecule has 0 saturated carbocycles. The molecule has 1 atom stereocenters. The molecule has 1 fully saturated rings. The van der Waals surface area contributed by atoms with Crippen molar-refractivity contribution in [1.82, 2.24) is 8.85 Å². The predicted molar refractivity (Wildman–Crippen MR) is 47.6 cm³/mol. The molecule has 1 aliphatic heterocycles. The Morgan fingerprint density at radius 3 is 3.30 bits per heavy atom. The van der Waals surface area contributed by atoms with Crippen molar-refractivity contribution in [2.45, 2.75) is 0 Å². The first-order chi connectivity index (χ1) is 4.88. The van der Waals surface area contributed by atoms with E-state index in [2.05, 4.69) is 36.9 Å². The van der Waals surface area contributed by atoms with E-state index in [0.29, 0.717) is 5.92 Å². The largest absolute Gasteiger partial charge is 0.411 e. The molecule has 5 heteroatoms. The molecule has 0 aromatic carbocycles. The molecule has 4 nitrogen and oxygen atoms in total. The maximum Gasteiger partial charge on any atom is 0.0764 e. The van der Waals surface area contributed by atoms with Crippen molar-refractivity contribution < 1.29 is 5.21 Å². The highest BCUT2D eigenvalue weighted by Gasteiger charge is 2.21. The second-order valence-electron chi connectivity index (χ2n) is 2.26. The minimum Gasteiger partial charge on any atom is -0.411 e. The lowest BCUT2D eigenvalue weighted by atomic mass is 10.1. The molecule has 1 rings (SSSR count). The van der Waals surface area contributed by atoms with E-state index in [4.69, 9.17) is 5.21 Å². The minimum atomic E-state index is 0.363. The van der Waals surface area contributed by atoms with Crippen molar-refractivity contribution >= 4 is 28.6 Å². The average molecular weight is 255 g/mol. The van der Waals surface area contributed by atoms with E-state index in [-0.39, 0.29) is 0 Å². The van der Waals surface area contributed by atoms with Gasteiger partial charge < -0.3 is 10.5 Å². The van der Waals surface area contributed by atoms with Crippen LogP contribution in [0.1, 0.15) is 0 Å². The third kappa shape index (κ3) is 1.80. The van der Waals surface area contributed by atoms with Gasteiger partial charge in [-0.1, -0.05) is 5.16 Å². The Kier molecular flexibility index (Phi) is 3.36. The van der Waals surface area contributed by atoms with Crippen molar-refractivity contribution in [3.05, 3.63) is 0 Å². The number of nitrogens with one attached hydrogen (secondary N) is 2. The smallest absolute Gasteiger partial charge is 0.0764 e. The Morgan fingerprint density at radius 2 is 2.70 bits per heavy atom. The Morgan fingerprint density at radius 1 is 1.90 bits per heavy atom. The lowest BCUT2D eigenvalue weighted by Gasteiger charge is -2.04. The average Bonchev–Trinajstić information content (AvgIpc) is 2.36. The molecule has 0 radical (unpaired) electrons. The van der Waals surface area contributed by atoms with Gasteiger partial charge in [-0.2, -0.15) is 0 Å². The normalized spacial score (nSPS) is 29.7. The Labute approximate surface area is 73.6 Å². The predicted octanol–water partition coefficient (Wildman–Crippen LogP) is -0.0244. The van der Waals surface area contributed by atoms with Crippen LogP contribution in [0.25, 0.3) is 0 Å². The van der Waals surface area contributed by atoms with Crippen LogP contribution in [-0.4, -0.2) is 30.6 Å². The number of nitrogens with zero attached hydrogens (tertiary/aromatic N) is 1. The molecule has 1 heterocycles. The molecule has 0 aliphatic carbocycles. The standard InChI is InChI=1S/C5H10IN3O/c6-8-2-4-1-7-3-5(4)9-10/h4,7-8,10H,1-3H2/b9-5+. The van der Waals surface area contributed by atoms with Gasteiger partial charge in [0.2, 0.25) is 0 Å². The first-order valence-corrected chi connectivity index (χ1v) is 4.21. The Balaban J connectivity index is 2.42. The van der Waals surface area contributed by atoms with Crippen LogP contribution in [0.15, 0.2) is 5.16 Å². The fraction of sp³-hybridized carbons (Fsp3) is 0.800. The third-order valence-corrected chi connectivity index (χ3v) is 2.06. The van der Waals surface area contributed by atoms with Gasteiger partial charge in [0.1, 0.15) is 0 Å². The summed E-state index contributed by atoms with van der Waals surface area (Å²) < 4.78 is 3.01. The van der Waals surface area contributed by atoms with E-state index in [0.717, 1.165) is 25.3 Å². The first-order valence-electron chi connectivity index (χ1n) is 3.13. The molecule has 1 saturated heterocycles. The fourth-order valence-corrected chi connectivity index (χ4v) is 1.57. The van der Waals surface area contributed by atoms with Crippen molar-refractivity contribution in [3.8, 4) is 0 Å². The van der Waals surface area contributed by atoms with Gasteiger partial charge >= 0.3 is 0 Å². The first kappa shape index (κ1) is 8.22. The highest BCUT2D eigenvalue weighted by Crippen LogP contribution is 2.03. The van der Waals surface area contributed by atoms with Crippen LogP contribution < -0.4 is 8.85 Å². The molecule has 0 aromatic rings. The molecule has 58 valence electrons. The lowest BCUT2D eigenvalue weighted by Crippen LogP contribution is -2.22. The molecule has 3 N–H and O–H groups in total. The summed E-state index contributed by atoms with van der Waals surface area (Å²) in [6.07, 6.45) is 0. The summed E-state index contributed by atoms with van der Waals surface area (Å²) in [6, 6.07) is 0. The third-order valence-electron chi connectivity index (χ3n) is 1.62. The highest BCUT2D eigenvalue weighted by atomic mass is 127. The zero-order valence-electron chi connectivity index (χ0n) is 5.47. The molecular formula is C5H10IN3O. The van der Waals surface area contributed by atoms with Gasteiger partial charge in [0, 0.05) is 48.4 Å². The number of hydrogen-bond acceptors (Lipinski definition) is 4. The lowest BCUT2D eigenvalue weighted by molar-refractivity contribution is 0.315. The topological polar surface area (TPSA) is 56.7 Å². The zero-order valence-corrected chi connectivity index (χ0v) is 7.63. The van der Waals surface area contributed by atoms with E-state index in [1.54, 1.807) is 0 Å². The van der Waals surface area contributed by atoms with Gasteiger partial charge in [-0.05, 0) is 0 Å². The van der Waals surface area contributed by atoms with Crippen molar-refractivity contribution in [2.24, 2.45) is 11.1 Å². The Hall–Kier alpha value is 0.120. The quantitative estimate of drug-likeness (QED) is 0.281. The second kappa shape index (κ2) is 4.09. The van der Waals surface area contributed by atoms with Gasteiger partial charge in [0.05, 0.1) is 5.71 Å². The van der Waals surface area contributed by atoms with Crippen molar-refractivity contribution in [1.29, 1.82) is 0 Å². The minimum absolute atomic E-state index is 0.363. The number of hydrogen-bond donors (Lipinski definition) is 3. The molecule has 0 bridgehead atoms. The van der Waals surface area contributed by atoms with E-state index >= 15 is 0 Å². The summed E-state index contributed by atoms with van der Waals surface area (Å²) in [5.74, 6) is 0.363. The molecule has 0 amide bonds. The van der Waals surface area contributed by atoms with E-state index < -0.39 is 0 Å². The zero-order chi connectivity index (χ0) is 7.40. The summed E-state index contributed by atoms with van der Waals surface area (Å²) in [5.41, 5.74) is 0.851. The van der Waals surface area contributed by atoms with Crippen molar-refractivity contribution in [3.63, 3.8) is 0 Å². The molecule has 0 aromatic heterocycles. The van der Waals surface area contributed by atoms with Crippen LogP contribution in [0.3, 0.4) is 0 Å². The van der Waals surface area contributed by atoms with Crippen LogP contribution in [0, 0.1) is 5.92 Å². The SMILES string of the molecule is O/N=C1\CNCC1CNI. The molecular weight excluding hydrogens is 245 g/mol. The monoisotopic (exact) mass is 255 g/mol. The molecule has 1 aliphatic rings. The van der Waals surface area contributed by atoms with Crippen molar-refractivity contribution in [2.75, 3.05) is 19.6 Å². The van der Waals surface area contributed by atoms with Gasteiger partial charge in [-0.15, -0.1) is 0 Å². The molecule has 1 unspecified atom stereocenters. The second-order valence-corrected chi connectivity index (χ2v) is 3.02. The van der Waals surface area contributed by atoms with Crippen LogP contribution in [0.4, 0.5) is 0 Å². The maximum absolute atomic E-state index is 8.48. The summed E-state index contributed by atoms with van der Waals surface area (Å²) in [5, 5.41) is 14.8. The fourth-order valence-electron chi connectivity index (χ4n) is 1.04. The number of halogens is 1. The Bertz CT molecular complexity index is 139. The maximum atomic E-state index is 8.48. The molecule has 10 heavy (non-hydrogen) atoms. The summed E-state index contributed by atoms with van der Waals surface area (Å²) in [6.45, 7) is 2.50. The van der Waals surface area contributed by atoms with Gasteiger partial charge in [-0.25, -0.2) is 0 Å². The van der Waals surface area contributed by atoms with E-state index in [1.165, 1.54) is 0 Å². The summed E-state index contributed by atoms with van der Waals surface area (Å²) in [7, 11) is 0. The number of rotatable bonds is 2. The summed E-state index contributed by atoms with van der Waals surface area (Å²) >= 11 is 2.09. The van der Waals surface area contributed by atoms with E-state index in [9.17, 15) is 0 Å². The summed E-state index contributed by atoms with van der Waals surface area (Å²) in [4.78, 5) is 0. The van der Waals surface area contributed by atoms with Crippen LogP contribution in [0.2, 0.25) is 0 Å². The van der Waals surface area contributed by atoms with E-state index in [1.807, 2.05) is 0 Å². The van der Waals surface area contributed by atoms with Crippen LogP contribution >= 0.6 is 22.9 Å². The van der Waals surface area contributed by atoms with Gasteiger partial charge in [-0.3, -0.25) is 3.53 Å². The van der Waals surface area contributed by atoms with Crippen LogP contribution in [0.5, 0.6) is 0 Å². The molecule has 0 spiro atoms. The van der Waals surface area contributed by atoms with Gasteiger partial charge in [0.15, 0.2) is 0 Å². The van der Waals surface area contributed by atoms with Gasteiger partial charge in [0.25, 0.3) is 0 Å². The highest BCUT2D eigenvalue weighted by molar-refractivity contribution is 14.1.